The minimum Gasteiger partial charge on any atom is -0.0808 e. The number of fused-ring (bicyclic) bond motifs is 5. The highest BCUT2D eigenvalue weighted by atomic mass is 14.3. The average molecular weight is 246 g/mol. The van der Waals surface area contributed by atoms with Gasteiger partial charge in [0.1, 0.15) is 0 Å². The summed E-state index contributed by atoms with van der Waals surface area (Å²) in [7, 11) is 0. The van der Waals surface area contributed by atoms with E-state index in [0.29, 0.717) is 5.92 Å². The first-order chi connectivity index (χ1) is 9.33. The number of hydrogen-bond donors (Lipinski definition) is 0. The SMILES string of the molecule is CC1C=Cc2ccc3c(c2C1)CCc1ccccc1-3. The topological polar surface area (TPSA) is 0 Å². The van der Waals surface area contributed by atoms with Gasteiger partial charge in [-0.05, 0) is 58.6 Å². The first-order valence-electron chi connectivity index (χ1n) is 7.24. The average Bonchev–Trinajstić information content (AvgIpc) is 2.46. The molecule has 2 aliphatic rings. The zero-order valence-electron chi connectivity index (χ0n) is 11.3. The van der Waals surface area contributed by atoms with Gasteiger partial charge in [0.05, 0.1) is 0 Å². The Morgan fingerprint density at radius 3 is 2.74 bits per heavy atom. The van der Waals surface area contributed by atoms with E-state index in [-0.39, 0.29) is 0 Å². The van der Waals surface area contributed by atoms with Crippen LogP contribution >= 0.6 is 0 Å². The van der Waals surface area contributed by atoms with Crippen molar-refractivity contribution in [2.75, 3.05) is 0 Å². The van der Waals surface area contributed by atoms with E-state index in [9.17, 15) is 0 Å². The lowest BCUT2D eigenvalue weighted by molar-refractivity contribution is 0.707. The molecule has 0 nitrogen and oxygen atoms in total. The van der Waals surface area contributed by atoms with E-state index in [2.05, 4.69) is 55.5 Å². The Bertz CT molecular complexity index is 676. The molecule has 0 spiro atoms. The lowest BCUT2D eigenvalue weighted by Crippen LogP contribution is -2.12. The largest absolute Gasteiger partial charge is 0.0808 e. The van der Waals surface area contributed by atoms with Gasteiger partial charge in [-0.3, -0.25) is 0 Å². The fraction of sp³-hybridized carbons (Fsp3) is 0.263. The van der Waals surface area contributed by atoms with Gasteiger partial charge in [0.2, 0.25) is 0 Å². The molecule has 0 saturated heterocycles. The summed E-state index contributed by atoms with van der Waals surface area (Å²) in [6.45, 7) is 2.32. The molecule has 0 aliphatic heterocycles. The zero-order valence-corrected chi connectivity index (χ0v) is 11.3. The molecule has 0 radical (unpaired) electrons. The van der Waals surface area contributed by atoms with Gasteiger partial charge in [-0.15, -0.1) is 0 Å². The van der Waals surface area contributed by atoms with Gasteiger partial charge in [0.25, 0.3) is 0 Å². The highest BCUT2D eigenvalue weighted by molar-refractivity contribution is 5.77. The molecule has 1 atom stereocenters. The maximum Gasteiger partial charge on any atom is -0.0146 e. The number of hydrogen-bond acceptors (Lipinski definition) is 0. The van der Waals surface area contributed by atoms with E-state index < -0.39 is 0 Å². The molecule has 0 fully saturated rings. The van der Waals surface area contributed by atoms with Gasteiger partial charge in [0.15, 0.2) is 0 Å². The Morgan fingerprint density at radius 2 is 1.79 bits per heavy atom. The summed E-state index contributed by atoms with van der Waals surface area (Å²) >= 11 is 0. The third-order valence-corrected chi connectivity index (χ3v) is 4.55. The molecule has 0 saturated carbocycles. The van der Waals surface area contributed by atoms with Crippen molar-refractivity contribution >= 4 is 6.08 Å². The Morgan fingerprint density at radius 1 is 0.895 bits per heavy atom. The molecule has 0 heterocycles. The molecule has 2 aromatic carbocycles. The van der Waals surface area contributed by atoms with Crippen molar-refractivity contribution < 1.29 is 0 Å². The van der Waals surface area contributed by atoms with Gasteiger partial charge < -0.3 is 0 Å². The highest BCUT2D eigenvalue weighted by Gasteiger charge is 2.21. The highest BCUT2D eigenvalue weighted by Crippen LogP contribution is 2.38. The van der Waals surface area contributed by atoms with Crippen LogP contribution in [0.1, 0.15) is 29.2 Å². The number of allylic oxidation sites excluding steroid dienone is 1. The minimum atomic E-state index is 0.677. The summed E-state index contributed by atoms with van der Waals surface area (Å²) in [6.07, 6.45) is 8.25. The molecule has 0 amide bonds. The number of aryl methyl sites for hydroxylation is 1. The standard InChI is InChI=1S/C19H18/c1-13-6-7-15-9-10-17-16-5-3-2-4-14(16)8-11-18(17)19(15)12-13/h2-7,9-10,13H,8,11-12H2,1H3. The van der Waals surface area contributed by atoms with E-state index in [0.717, 1.165) is 0 Å². The Hall–Kier alpha value is -1.82. The van der Waals surface area contributed by atoms with Gasteiger partial charge in [0, 0.05) is 0 Å². The van der Waals surface area contributed by atoms with E-state index in [1.54, 1.807) is 11.1 Å². The van der Waals surface area contributed by atoms with Crippen LogP contribution in [-0.2, 0) is 19.3 Å². The molecule has 0 N–H and O–H groups in total. The molecule has 2 aliphatic carbocycles. The Labute approximate surface area is 114 Å². The van der Waals surface area contributed by atoms with E-state index in [1.165, 1.54) is 41.5 Å². The number of benzene rings is 2. The molecular weight excluding hydrogens is 228 g/mol. The lowest BCUT2D eigenvalue weighted by atomic mass is 9.78. The third-order valence-electron chi connectivity index (χ3n) is 4.55. The van der Waals surface area contributed by atoms with Crippen LogP contribution in [0.15, 0.2) is 42.5 Å². The summed E-state index contributed by atoms with van der Waals surface area (Å²) in [5, 5.41) is 0. The molecule has 0 aromatic heterocycles. The first-order valence-corrected chi connectivity index (χ1v) is 7.24. The monoisotopic (exact) mass is 246 g/mol. The molecule has 4 rings (SSSR count). The predicted octanol–water partition coefficient (Wildman–Crippen LogP) is 4.66. The summed E-state index contributed by atoms with van der Waals surface area (Å²) in [4.78, 5) is 0. The maximum absolute atomic E-state index is 2.34. The summed E-state index contributed by atoms with van der Waals surface area (Å²) in [5.74, 6) is 0.677. The summed E-state index contributed by atoms with van der Waals surface area (Å²) in [5.41, 5.74) is 9.08. The maximum atomic E-state index is 2.34. The third kappa shape index (κ3) is 1.67. The van der Waals surface area contributed by atoms with Crippen molar-refractivity contribution in [3.63, 3.8) is 0 Å². The van der Waals surface area contributed by atoms with Crippen LogP contribution in [0, 0.1) is 5.92 Å². The van der Waals surface area contributed by atoms with Gasteiger partial charge in [-0.2, -0.15) is 0 Å². The van der Waals surface area contributed by atoms with E-state index in [1.807, 2.05) is 0 Å². The quantitative estimate of drug-likeness (QED) is 0.634. The van der Waals surface area contributed by atoms with Crippen LogP contribution in [0.5, 0.6) is 0 Å². The smallest absolute Gasteiger partial charge is 0.0146 e. The van der Waals surface area contributed by atoms with Gasteiger partial charge >= 0.3 is 0 Å². The van der Waals surface area contributed by atoms with Crippen molar-refractivity contribution in [1.29, 1.82) is 0 Å². The summed E-state index contributed by atoms with van der Waals surface area (Å²) < 4.78 is 0. The van der Waals surface area contributed by atoms with Gasteiger partial charge in [-0.25, -0.2) is 0 Å². The fourth-order valence-electron chi connectivity index (χ4n) is 3.56. The van der Waals surface area contributed by atoms with Crippen LogP contribution in [0.2, 0.25) is 0 Å². The second-order valence-electron chi connectivity index (χ2n) is 5.86. The van der Waals surface area contributed by atoms with Crippen molar-refractivity contribution in [3.8, 4) is 11.1 Å². The van der Waals surface area contributed by atoms with Crippen LogP contribution < -0.4 is 0 Å². The number of rotatable bonds is 0. The second kappa shape index (κ2) is 4.09. The molecule has 2 aromatic rings. The molecule has 0 heteroatoms. The van der Waals surface area contributed by atoms with Crippen molar-refractivity contribution in [2.45, 2.75) is 26.2 Å². The van der Waals surface area contributed by atoms with Crippen molar-refractivity contribution in [3.05, 3.63) is 64.7 Å². The predicted molar refractivity (Wildman–Crippen MR) is 81.2 cm³/mol. The Kier molecular flexibility index (Phi) is 2.38. The minimum absolute atomic E-state index is 0.677. The van der Waals surface area contributed by atoms with Crippen molar-refractivity contribution in [2.24, 2.45) is 5.92 Å². The molecule has 94 valence electrons. The Balaban J connectivity index is 1.96. The van der Waals surface area contributed by atoms with Crippen molar-refractivity contribution in [1.82, 2.24) is 0 Å². The first kappa shape index (κ1) is 11.0. The summed E-state index contributed by atoms with van der Waals surface area (Å²) in [6, 6.07) is 13.5. The van der Waals surface area contributed by atoms with Crippen LogP contribution in [0.4, 0.5) is 0 Å². The van der Waals surface area contributed by atoms with Crippen LogP contribution in [0.3, 0.4) is 0 Å². The molecule has 19 heavy (non-hydrogen) atoms. The zero-order chi connectivity index (χ0) is 12.8. The lowest BCUT2D eigenvalue weighted by Gasteiger charge is -2.26. The molecule has 1 unspecified atom stereocenters. The fourth-order valence-corrected chi connectivity index (χ4v) is 3.56. The second-order valence-corrected chi connectivity index (χ2v) is 5.86. The van der Waals surface area contributed by atoms with E-state index in [4.69, 9.17) is 0 Å². The van der Waals surface area contributed by atoms with E-state index >= 15 is 0 Å². The van der Waals surface area contributed by atoms with Crippen LogP contribution in [0.25, 0.3) is 17.2 Å². The molecule has 0 bridgehead atoms. The van der Waals surface area contributed by atoms with Gasteiger partial charge in [-0.1, -0.05) is 55.5 Å². The normalized spacial score (nSPS) is 19.5. The molecular formula is C19H18. The van der Waals surface area contributed by atoms with Crippen LogP contribution in [-0.4, -0.2) is 0 Å².